The van der Waals surface area contributed by atoms with E-state index in [9.17, 15) is 4.79 Å². The van der Waals surface area contributed by atoms with Gasteiger partial charge in [0.25, 0.3) is 0 Å². The molecule has 0 aliphatic carbocycles. The van der Waals surface area contributed by atoms with E-state index in [1.807, 2.05) is 6.07 Å². The average molecular weight is 205 g/mol. The molecule has 15 heavy (non-hydrogen) atoms. The molecule has 0 aromatic carbocycles. The second-order valence-corrected chi connectivity index (χ2v) is 3.02. The lowest BCUT2D eigenvalue weighted by Crippen LogP contribution is -2.20. The Hall–Kier alpha value is -2.09. The first-order valence-corrected chi connectivity index (χ1v) is 4.43. The molecule has 1 rings (SSSR count). The number of aromatic carboxylic acids is 1. The van der Waals surface area contributed by atoms with Crippen molar-refractivity contribution in [2.24, 2.45) is 0 Å². The molecular weight excluding hydrogens is 194 g/mol. The highest BCUT2D eigenvalue weighted by Gasteiger charge is 2.07. The fraction of sp³-hybridized carbons (Fsp3) is 0.300. The van der Waals surface area contributed by atoms with Crippen LogP contribution in [0.1, 0.15) is 16.9 Å². The Morgan fingerprint density at radius 3 is 3.00 bits per heavy atom. The van der Waals surface area contributed by atoms with Gasteiger partial charge in [-0.05, 0) is 12.1 Å². The SMILES string of the molecule is CN(CCC#N)c1cccc(C(=O)O)n1. The van der Waals surface area contributed by atoms with Crippen LogP contribution in [0.4, 0.5) is 5.82 Å². The van der Waals surface area contributed by atoms with Crippen molar-refractivity contribution in [3.8, 4) is 6.07 Å². The van der Waals surface area contributed by atoms with Gasteiger partial charge in [0.05, 0.1) is 12.5 Å². The molecule has 0 aliphatic rings. The van der Waals surface area contributed by atoms with E-state index in [0.29, 0.717) is 18.8 Å². The number of aromatic nitrogens is 1. The maximum absolute atomic E-state index is 10.7. The lowest BCUT2D eigenvalue weighted by atomic mass is 10.3. The number of hydrogen-bond donors (Lipinski definition) is 1. The maximum atomic E-state index is 10.7. The number of anilines is 1. The van der Waals surface area contributed by atoms with Gasteiger partial charge in [0, 0.05) is 13.6 Å². The zero-order chi connectivity index (χ0) is 11.3. The number of rotatable bonds is 4. The third-order valence-electron chi connectivity index (χ3n) is 1.90. The van der Waals surface area contributed by atoms with Crippen molar-refractivity contribution in [1.82, 2.24) is 4.98 Å². The molecule has 0 spiro atoms. The molecule has 0 amide bonds. The fourth-order valence-corrected chi connectivity index (χ4v) is 1.09. The minimum atomic E-state index is -1.05. The van der Waals surface area contributed by atoms with Crippen molar-refractivity contribution in [3.63, 3.8) is 0 Å². The second kappa shape index (κ2) is 4.96. The first kappa shape index (κ1) is 11.0. The Morgan fingerprint density at radius 1 is 1.67 bits per heavy atom. The minimum absolute atomic E-state index is 0.0105. The van der Waals surface area contributed by atoms with Crippen LogP contribution in [0.3, 0.4) is 0 Å². The number of nitriles is 1. The minimum Gasteiger partial charge on any atom is -0.477 e. The van der Waals surface area contributed by atoms with Crippen molar-refractivity contribution in [3.05, 3.63) is 23.9 Å². The largest absolute Gasteiger partial charge is 0.477 e. The van der Waals surface area contributed by atoms with Crippen LogP contribution in [0, 0.1) is 11.3 Å². The molecule has 1 aromatic rings. The number of carbonyl (C=O) groups is 1. The molecule has 1 aromatic heterocycles. The van der Waals surface area contributed by atoms with Crippen molar-refractivity contribution in [2.75, 3.05) is 18.5 Å². The van der Waals surface area contributed by atoms with Gasteiger partial charge in [0.2, 0.25) is 0 Å². The molecule has 0 fully saturated rings. The number of carboxylic acids is 1. The number of carboxylic acid groups (broad SMARTS) is 1. The second-order valence-electron chi connectivity index (χ2n) is 3.02. The van der Waals surface area contributed by atoms with Crippen LogP contribution in [0.25, 0.3) is 0 Å². The maximum Gasteiger partial charge on any atom is 0.354 e. The first-order valence-electron chi connectivity index (χ1n) is 4.43. The standard InChI is InChI=1S/C10H11N3O2/c1-13(7-3-6-11)9-5-2-4-8(12-9)10(14)15/h2,4-5H,3,7H2,1H3,(H,14,15). The summed E-state index contributed by atoms with van der Waals surface area (Å²) in [5.41, 5.74) is 0.0105. The van der Waals surface area contributed by atoms with Crippen molar-refractivity contribution < 1.29 is 9.90 Å². The highest BCUT2D eigenvalue weighted by molar-refractivity contribution is 5.85. The summed E-state index contributed by atoms with van der Waals surface area (Å²) in [6, 6.07) is 6.80. The molecular formula is C10H11N3O2. The van der Waals surface area contributed by atoms with Crippen molar-refractivity contribution >= 4 is 11.8 Å². The Balaban J connectivity index is 2.81. The van der Waals surface area contributed by atoms with Crippen LogP contribution in [0.2, 0.25) is 0 Å². The number of hydrogen-bond acceptors (Lipinski definition) is 4. The van der Waals surface area contributed by atoms with Crippen LogP contribution in [-0.2, 0) is 0 Å². The van der Waals surface area contributed by atoms with Gasteiger partial charge in [-0.2, -0.15) is 5.26 Å². The summed E-state index contributed by atoms with van der Waals surface area (Å²) in [5.74, 6) is -0.490. The van der Waals surface area contributed by atoms with Gasteiger partial charge in [-0.3, -0.25) is 0 Å². The lowest BCUT2D eigenvalue weighted by Gasteiger charge is -2.16. The van der Waals surface area contributed by atoms with E-state index in [-0.39, 0.29) is 5.69 Å². The van der Waals surface area contributed by atoms with E-state index in [0.717, 1.165) is 0 Å². The summed E-state index contributed by atoms with van der Waals surface area (Å²) in [6.07, 6.45) is 0.384. The van der Waals surface area contributed by atoms with Gasteiger partial charge in [0.1, 0.15) is 5.82 Å². The summed E-state index contributed by atoms with van der Waals surface area (Å²) < 4.78 is 0. The van der Waals surface area contributed by atoms with Crippen molar-refractivity contribution in [2.45, 2.75) is 6.42 Å². The molecule has 1 heterocycles. The molecule has 0 atom stereocenters. The Bertz CT molecular complexity index is 398. The predicted octanol–water partition coefficient (Wildman–Crippen LogP) is 1.13. The topological polar surface area (TPSA) is 77.2 Å². The zero-order valence-corrected chi connectivity index (χ0v) is 8.34. The predicted molar refractivity (Wildman–Crippen MR) is 54.7 cm³/mol. The molecule has 0 unspecified atom stereocenters. The monoisotopic (exact) mass is 205 g/mol. The third kappa shape index (κ3) is 2.95. The molecule has 78 valence electrons. The molecule has 0 radical (unpaired) electrons. The van der Waals surface area contributed by atoms with E-state index in [1.165, 1.54) is 6.07 Å². The molecule has 1 N–H and O–H groups in total. The van der Waals surface area contributed by atoms with Gasteiger partial charge in [0.15, 0.2) is 5.69 Å². The molecule has 0 bridgehead atoms. The van der Waals surface area contributed by atoms with Crippen molar-refractivity contribution in [1.29, 1.82) is 5.26 Å². The number of nitrogens with zero attached hydrogens (tertiary/aromatic N) is 3. The third-order valence-corrected chi connectivity index (χ3v) is 1.90. The summed E-state index contributed by atoms with van der Waals surface area (Å²) in [7, 11) is 1.77. The van der Waals surface area contributed by atoms with Crippen LogP contribution in [-0.4, -0.2) is 29.7 Å². The van der Waals surface area contributed by atoms with Gasteiger partial charge < -0.3 is 10.0 Å². The highest BCUT2D eigenvalue weighted by Crippen LogP contribution is 2.09. The summed E-state index contributed by atoms with van der Waals surface area (Å²) in [5, 5.41) is 17.1. The Morgan fingerprint density at radius 2 is 2.40 bits per heavy atom. The Kier molecular flexibility index (Phi) is 3.63. The van der Waals surface area contributed by atoms with Crippen LogP contribution < -0.4 is 4.90 Å². The van der Waals surface area contributed by atoms with Crippen LogP contribution in [0.5, 0.6) is 0 Å². The normalized spacial score (nSPS) is 9.33. The van der Waals surface area contributed by atoms with Gasteiger partial charge >= 0.3 is 5.97 Å². The van der Waals surface area contributed by atoms with E-state index in [2.05, 4.69) is 4.98 Å². The smallest absolute Gasteiger partial charge is 0.354 e. The van der Waals surface area contributed by atoms with E-state index >= 15 is 0 Å². The van der Waals surface area contributed by atoms with E-state index in [4.69, 9.17) is 10.4 Å². The summed E-state index contributed by atoms with van der Waals surface area (Å²) >= 11 is 0. The van der Waals surface area contributed by atoms with Gasteiger partial charge in [-0.15, -0.1) is 0 Å². The van der Waals surface area contributed by atoms with Gasteiger partial charge in [-0.25, -0.2) is 9.78 Å². The quantitative estimate of drug-likeness (QED) is 0.797. The molecule has 0 saturated carbocycles. The van der Waals surface area contributed by atoms with E-state index < -0.39 is 5.97 Å². The van der Waals surface area contributed by atoms with Crippen LogP contribution >= 0.6 is 0 Å². The van der Waals surface area contributed by atoms with Crippen LogP contribution in [0.15, 0.2) is 18.2 Å². The van der Waals surface area contributed by atoms with Gasteiger partial charge in [-0.1, -0.05) is 6.07 Å². The summed E-state index contributed by atoms with van der Waals surface area (Å²) in [6.45, 7) is 0.534. The first-order chi connectivity index (χ1) is 7.15. The fourth-order valence-electron chi connectivity index (χ4n) is 1.09. The summed E-state index contributed by atoms with van der Waals surface area (Å²) in [4.78, 5) is 16.3. The zero-order valence-electron chi connectivity index (χ0n) is 8.34. The molecule has 0 aliphatic heterocycles. The lowest BCUT2D eigenvalue weighted by molar-refractivity contribution is 0.0690. The Labute approximate surface area is 87.6 Å². The molecule has 5 nitrogen and oxygen atoms in total. The molecule has 0 saturated heterocycles. The average Bonchev–Trinajstić information content (AvgIpc) is 2.26. The molecule has 5 heteroatoms. The highest BCUT2D eigenvalue weighted by atomic mass is 16.4. The van der Waals surface area contributed by atoms with E-state index in [1.54, 1.807) is 24.1 Å². The number of pyridine rings is 1.